The van der Waals surface area contributed by atoms with Crippen LogP contribution >= 0.6 is 11.3 Å². The zero-order valence-corrected chi connectivity index (χ0v) is 13.7. The summed E-state index contributed by atoms with van der Waals surface area (Å²) < 4.78 is 5.55. The van der Waals surface area contributed by atoms with E-state index >= 15 is 0 Å². The lowest BCUT2D eigenvalue weighted by Crippen LogP contribution is -2.30. The van der Waals surface area contributed by atoms with E-state index in [2.05, 4.69) is 36.5 Å². The van der Waals surface area contributed by atoms with Gasteiger partial charge in [0.2, 0.25) is 0 Å². The summed E-state index contributed by atoms with van der Waals surface area (Å²) in [5.74, 6) is 1.34. The van der Waals surface area contributed by atoms with Gasteiger partial charge < -0.3 is 15.0 Å². The molecule has 5 heteroatoms. The third-order valence-corrected chi connectivity index (χ3v) is 4.52. The predicted molar refractivity (Wildman–Crippen MR) is 85.5 cm³/mol. The molecule has 1 aromatic heterocycles. The Kier molecular flexibility index (Phi) is 6.26. The number of anilines is 1. The van der Waals surface area contributed by atoms with Gasteiger partial charge in [0.25, 0.3) is 0 Å². The smallest absolute Gasteiger partial charge is 0.185 e. The molecular formula is C15H27N3OS. The number of nitrogens with one attached hydrogen (secondary N) is 1. The second kappa shape index (κ2) is 7.96. The molecular weight excluding hydrogens is 270 g/mol. The highest BCUT2D eigenvalue weighted by molar-refractivity contribution is 7.13. The number of ether oxygens (including phenoxy) is 1. The third-order valence-electron chi connectivity index (χ3n) is 3.51. The Morgan fingerprint density at radius 2 is 2.40 bits per heavy atom. The summed E-state index contributed by atoms with van der Waals surface area (Å²) in [6.07, 6.45) is 2.47. The highest BCUT2D eigenvalue weighted by atomic mass is 32.1. The van der Waals surface area contributed by atoms with Gasteiger partial charge in [-0.3, -0.25) is 0 Å². The summed E-state index contributed by atoms with van der Waals surface area (Å²) >= 11 is 1.74. The van der Waals surface area contributed by atoms with E-state index in [0.717, 1.165) is 43.7 Å². The van der Waals surface area contributed by atoms with Crippen molar-refractivity contribution < 1.29 is 4.74 Å². The highest BCUT2D eigenvalue weighted by Crippen LogP contribution is 2.22. The van der Waals surface area contributed by atoms with E-state index in [-0.39, 0.29) is 0 Å². The molecule has 2 rings (SSSR count). The molecule has 1 atom stereocenters. The average molecular weight is 297 g/mol. The van der Waals surface area contributed by atoms with E-state index in [0.29, 0.717) is 11.8 Å². The molecule has 0 aromatic carbocycles. The molecule has 1 unspecified atom stereocenters. The quantitative estimate of drug-likeness (QED) is 0.840. The van der Waals surface area contributed by atoms with Crippen LogP contribution in [0.25, 0.3) is 0 Å². The Hall–Kier alpha value is -0.650. The van der Waals surface area contributed by atoms with Crippen LogP contribution in [0.5, 0.6) is 0 Å². The van der Waals surface area contributed by atoms with Crippen molar-refractivity contribution in [3.05, 3.63) is 11.1 Å². The van der Waals surface area contributed by atoms with Crippen molar-refractivity contribution in [2.75, 3.05) is 38.3 Å². The molecule has 1 N–H and O–H groups in total. The SMILES string of the molecule is CC(C)CNCc1csc(N(C)CC2CCCOC2)n1. The standard InChI is InChI=1S/C15H27N3OS/c1-12(2)7-16-8-14-11-20-15(17-14)18(3)9-13-5-4-6-19-10-13/h11-13,16H,4-10H2,1-3H3. The highest BCUT2D eigenvalue weighted by Gasteiger charge is 2.17. The molecule has 4 nitrogen and oxygen atoms in total. The van der Waals surface area contributed by atoms with Crippen LogP contribution in [0, 0.1) is 11.8 Å². The van der Waals surface area contributed by atoms with E-state index < -0.39 is 0 Å². The van der Waals surface area contributed by atoms with E-state index in [9.17, 15) is 0 Å². The summed E-state index contributed by atoms with van der Waals surface area (Å²) in [5, 5.41) is 6.73. The molecule has 20 heavy (non-hydrogen) atoms. The van der Waals surface area contributed by atoms with Gasteiger partial charge in [0.05, 0.1) is 12.3 Å². The first-order chi connectivity index (χ1) is 9.65. The van der Waals surface area contributed by atoms with Crippen molar-refractivity contribution in [2.24, 2.45) is 11.8 Å². The molecule has 0 saturated carbocycles. The monoisotopic (exact) mass is 297 g/mol. The lowest BCUT2D eigenvalue weighted by atomic mass is 10.0. The molecule has 1 aliphatic rings. The van der Waals surface area contributed by atoms with Gasteiger partial charge in [0.1, 0.15) is 0 Å². The normalized spacial score (nSPS) is 19.5. The number of thiazole rings is 1. The van der Waals surface area contributed by atoms with Crippen LogP contribution in [0.1, 0.15) is 32.4 Å². The Balaban J connectivity index is 1.78. The second-order valence-electron chi connectivity index (χ2n) is 6.11. The number of hydrogen-bond donors (Lipinski definition) is 1. The predicted octanol–water partition coefficient (Wildman–Crippen LogP) is 2.75. The van der Waals surface area contributed by atoms with Gasteiger partial charge in [-0.15, -0.1) is 11.3 Å². The minimum atomic E-state index is 0.653. The molecule has 1 aromatic rings. The average Bonchev–Trinajstić information content (AvgIpc) is 2.88. The molecule has 0 radical (unpaired) electrons. The Morgan fingerprint density at radius 1 is 1.55 bits per heavy atom. The first-order valence-corrected chi connectivity index (χ1v) is 8.47. The molecule has 0 spiro atoms. The van der Waals surface area contributed by atoms with Crippen LogP contribution in [0.4, 0.5) is 5.13 Å². The van der Waals surface area contributed by atoms with Gasteiger partial charge >= 0.3 is 0 Å². The van der Waals surface area contributed by atoms with Crippen LogP contribution in [0.15, 0.2) is 5.38 Å². The van der Waals surface area contributed by atoms with Gasteiger partial charge in [0.15, 0.2) is 5.13 Å². The van der Waals surface area contributed by atoms with Gasteiger partial charge in [-0.1, -0.05) is 13.8 Å². The van der Waals surface area contributed by atoms with E-state index in [4.69, 9.17) is 9.72 Å². The van der Waals surface area contributed by atoms with Gasteiger partial charge in [-0.05, 0) is 31.2 Å². The Morgan fingerprint density at radius 3 is 3.10 bits per heavy atom. The maximum Gasteiger partial charge on any atom is 0.185 e. The molecule has 1 saturated heterocycles. The fraction of sp³-hybridized carbons (Fsp3) is 0.800. The van der Waals surface area contributed by atoms with Crippen molar-refractivity contribution in [2.45, 2.75) is 33.2 Å². The minimum absolute atomic E-state index is 0.653. The first kappa shape index (κ1) is 15.7. The van der Waals surface area contributed by atoms with E-state index in [1.807, 2.05) is 0 Å². The summed E-state index contributed by atoms with van der Waals surface area (Å²) in [5.41, 5.74) is 1.15. The number of aromatic nitrogens is 1. The van der Waals surface area contributed by atoms with Crippen molar-refractivity contribution >= 4 is 16.5 Å². The number of nitrogens with zero attached hydrogens (tertiary/aromatic N) is 2. The topological polar surface area (TPSA) is 37.4 Å². The summed E-state index contributed by atoms with van der Waals surface area (Å²) in [6, 6.07) is 0. The molecule has 0 amide bonds. The van der Waals surface area contributed by atoms with Crippen LogP contribution in [-0.2, 0) is 11.3 Å². The Bertz CT molecular complexity index is 388. The van der Waals surface area contributed by atoms with Crippen molar-refractivity contribution in [1.29, 1.82) is 0 Å². The van der Waals surface area contributed by atoms with Gasteiger partial charge in [0, 0.05) is 32.1 Å². The molecule has 0 aliphatic carbocycles. The fourth-order valence-electron chi connectivity index (χ4n) is 2.46. The lowest BCUT2D eigenvalue weighted by molar-refractivity contribution is 0.0576. The van der Waals surface area contributed by atoms with Crippen LogP contribution in [0.3, 0.4) is 0 Å². The Labute approximate surface area is 126 Å². The van der Waals surface area contributed by atoms with Gasteiger partial charge in [-0.25, -0.2) is 4.98 Å². The second-order valence-corrected chi connectivity index (χ2v) is 6.95. The molecule has 0 bridgehead atoms. The summed E-state index contributed by atoms with van der Waals surface area (Å²) in [4.78, 5) is 6.99. The summed E-state index contributed by atoms with van der Waals surface area (Å²) in [7, 11) is 2.14. The third kappa shape index (κ3) is 5.04. The molecule has 2 heterocycles. The van der Waals surface area contributed by atoms with E-state index in [1.54, 1.807) is 11.3 Å². The summed E-state index contributed by atoms with van der Waals surface area (Å²) in [6.45, 7) is 9.24. The van der Waals surface area contributed by atoms with Crippen LogP contribution in [0.2, 0.25) is 0 Å². The maximum atomic E-state index is 5.55. The zero-order chi connectivity index (χ0) is 14.4. The van der Waals surface area contributed by atoms with Crippen molar-refractivity contribution in [1.82, 2.24) is 10.3 Å². The van der Waals surface area contributed by atoms with Crippen molar-refractivity contribution in [3.63, 3.8) is 0 Å². The number of rotatable bonds is 7. The molecule has 1 aliphatic heterocycles. The molecule has 114 valence electrons. The minimum Gasteiger partial charge on any atom is -0.381 e. The van der Waals surface area contributed by atoms with Crippen LogP contribution in [-0.4, -0.2) is 38.3 Å². The molecule has 1 fully saturated rings. The van der Waals surface area contributed by atoms with Crippen LogP contribution < -0.4 is 10.2 Å². The zero-order valence-electron chi connectivity index (χ0n) is 12.9. The first-order valence-electron chi connectivity index (χ1n) is 7.59. The van der Waals surface area contributed by atoms with E-state index in [1.165, 1.54) is 12.8 Å². The fourth-order valence-corrected chi connectivity index (χ4v) is 3.26. The lowest BCUT2D eigenvalue weighted by Gasteiger charge is -2.26. The number of hydrogen-bond acceptors (Lipinski definition) is 5. The van der Waals surface area contributed by atoms with Gasteiger partial charge in [-0.2, -0.15) is 0 Å². The van der Waals surface area contributed by atoms with Crippen molar-refractivity contribution in [3.8, 4) is 0 Å². The maximum absolute atomic E-state index is 5.55. The largest absolute Gasteiger partial charge is 0.381 e.